The zero-order valence-corrected chi connectivity index (χ0v) is 13.6. The molecule has 0 heterocycles. The van der Waals surface area contributed by atoms with E-state index in [2.05, 4.69) is 43.5 Å². The van der Waals surface area contributed by atoms with Crippen LogP contribution >= 0.6 is 0 Å². The maximum atomic E-state index is 4.22. The number of benzene rings is 2. The molecule has 19 heavy (non-hydrogen) atoms. The first-order valence-corrected chi connectivity index (χ1v) is 5.94. The van der Waals surface area contributed by atoms with E-state index in [0.717, 1.165) is 15.9 Å². The summed E-state index contributed by atoms with van der Waals surface area (Å²) in [5, 5.41) is 8.41. The second-order valence-electron chi connectivity index (χ2n) is 5.06. The lowest BCUT2D eigenvalue weighted by atomic mass is 10.2. The summed E-state index contributed by atoms with van der Waals surface area (Å²) in [6.45, 7) is 0. The van der Waals surface area contributed by atoms with Gasteiger partial charge in [0.25, 0.3) is 0 Å². The molecule has 0 spiro atoms. The van der Waals surface area contributed by atoms with Crippen LogP contribution in [0.15, 0.2) is 64.8 Å². The Labute approximate surface area is 131 Å². The van der Waals surface area contributed by atoms with Crippen molar-refractivity contribution in [2.75, 3.05) is 21.1 Å². The number of hydrogen-bond donors (Lipinski definition) is 0. The number of hydrogen-bond acceptors (Lipinski definition) is 2. The van der Waals surface area contributed by atoms with E-state index in [4.69, 9.17) is 0 Å². The average molecular weight is 367 g/mol. The Kier molecular flexibility index (Phi) is 5.62. The van der Waals surface area contributed by atoms with Gasteiger partial charge < -0.3 is 24.0 Å². The molecule has 100 valence electrons. The number of quaternary nitrogens is 1. The minimum atomic E-state index is 0. The third kappa shape index (κ3) is 4.72. The predicted octanol–water partition coefficient (Wildman–Crippen LogP) is 1.30. The Morgan fingerprint density at radius 1 is 0.684 bits per heavy atom. The van der Waals surface area contributed by atoms with Gasteiger partial charge in [-0.3, -0.25) is 4.48 Å². The van der Waals surface area contributed by atoms with E-state index in [9.17, 15) is 0 Å². The van der Waals surface area contributed by atoms with Crippen LogP contribution in [0.3, 0.4) is 0 Å². The van der Waals surface area contributed by atoms with Crippen molar-refractivity contribution in [3.63, 3.8) is 0 Å². The van der Waals surface area contributed by atoms with Gasteiger partial charge >= 0.3 is 0 Å². The van der Waals surface area contributed by atoms with Gasteiger partial charge in [0.15, 0.2) is 0 Å². The topological polar surface area (TPSA) is 24.7 Å². The predicted molar refractivity (Wildman–Crippen MR) is 76.6 cm³/mol. The first-order valence-electron chi connectivity index (χ1n) is 5.94. The van der Waals surface area contributed by atoms with Crippen molar-refractivity contribution in [1.82, 2.24) is 4.48 Å². The summed E-state index contributed by atoms with van der Waals surface area (Å²) in [7, 11) is 6.42. The molecule has 0 aliphatic carbocycles. The maximum Gasteiger partial charge on any atom is 0.132 e. The highest BCUT2D eigenvalue weighted by atomic mass is 127. The smallest absolute Gasteiger partial charge is 0.132 e. The van der Waals surface area contributed by atoms with Crippen molar-refractivity contribution in [1.29, 1.82) is 0 Å². The van der Waals surface area contributed by atoms with Gasteiger partial charge in [-0.25, -0.2) is 0 Å². The molecule has 0 saturated heterocycles. The van der Waals surface area contributed by atoms with E-state index < -0.39 is 0 Å². The minimum absolute atomic E-state index is 0. The SMILES string of the molecule is C[N+](C)(C)c1ccc(N=Nc2ccccc2)cc1.[I-]. The third-order valence-electron chi connectivity index (χ3n) is 2.66. The minimum Gasteiger partial charge on any atom is -1.00 e. The van der Waals surface area contributed by atoms with Crippen molar-refractivity contribution in [3.05, 3.63) is 54.6 Å². The van der Waals surface area contributed by atoms with Gasteiger partial charge in [0.05, 0.1) is 32.5 Å². The van der Waals surface area contributed by atoms with Crippen LogP contribution < -0.4 is 28.5 Å². The largest absolute Gasteiger partial charge is 1.00 e. The first kappa shape index (κ1) is 15.8. The molecule has 3 nitrogen and oxygen atoms in total. The normalized spacial score (nSPS) is 11.3. The van der Waals surface area contributed by atoms with Gasteiger partial charge in [-0.05, 0) is 24.3 Å². The molecule has 2 rings (SSSR count). The highest BCUT2D eigenvalue weighted by Gasteiger charge is 2.10. The van der Waals surface area contributed by atoms with Gasteiger partial charge in [-0.1, -0.05) is 18.2 Å². The second kappa shape index (κ2) is 6.77. The van der Waals surface area contributed by atoms with E-state index >= 15 is 0 Å². The zero-order chi connectivity index (χ0) is 13.0. The van der Waals surface area contributed by atoms with E-state index in [1.807, 2.05) is 42.5 Å². The van der Waals surface area contributed by atoms with E-state index in [1.54, 1.807) is 0 Å². The molecule has 2 aromatic carbocycles. The van der Waals surface area contributed by atoms with Crippen LogP contribution in [0, 0.1) is 0 Å². The average Bonchev–Trinajstić information content (AvgIpc) is 2.37. The van der Waals surface area contributed by atoms with Crippen LogP contribution in [0.2, 0.25) is 0 Å². The fourth-order valence-corrected chi connectivity index (χ4v) is 1.58. The van der Waals surface area contributed by atoms with Gasteiger partial charge in [0.1, 0.15) is 5.69 Å². The molecule has 0 N–H and O–H groups in total. The van der Waals surface area contributed by atoms with Gasteiger partial charge in [-0.2, -0.15) is 10.2 Å². The molecule has 4 heteroatoms. The monoisotopic (exact) mass is 367 g/mol. The molecule has 0 radical (unpaired) electrons. The van der Waals surface area contributed by atoms with Crippen molar-refractivity contribution in [2.45, 2.75) is 0 Å². The quantitative estimate of drug-likeness (QED) is 0.444. The fourth-order valence-electron chi connectivity index (χ4n) is 1.58. The Balaban J connectivity index is 0.00000180. The van der Waals surface area contributed by atoms with Gasteiger partial charge in [0, 0.05) is 12.1 Å². The molecule has 2 aromatic rings. The summed E-state index contributed by atoms with van der Waals surface area (Å²) in [6, 6.07) is 17.9. The fraction of sp³-hybridized carbons (Fsp3) is 0.200. The number of azo groups is 1. The molecule has 0 fully saturated rings. The van der Waals surface area contributed by atoms with E-state index in [1.165, 1.54) is 5.69 Å². The number of rotatable bonds is 3. The zero-order valence-electron chi connectivity index (χ0n) is 11.4. The van der Waals surface area contributed by atoms with Crippen molar-refractivity contribution in [3.8, 4) is 0 Å². The highest BCUT2D eigenvalue weighted by molar-refractivity contribution is 5.49. The summed E-state index contributed by atoms with van der Waals surface area (Å²) in [4.78, 5) is 0. The van der Waals surface area contributed by atoms with Crippen LogP contribution in [0.25, 0.3) is 0 Å². The Morgan fingerprint density at radius 3 is 1.63 bits per heavy atom. The van der Waals surface area contributed by atoms with Crippen molar-refractivity contribution in [2.24, 2.45) is 10.2 Å². The summed E-state index contributed by atoms with van der Waals surface area (Å²) in [5.41, 5.74) is 2.98. The lowest BCUT2D eigenvalue weighted by molar-refractivity contribution is -0.00000399. The van der Waals surface area contributed by atoms with Crippen molar-refractivity contribution < 1.29 is 24.0 Å². The molecule has 0 aliphatic rings. The molecular formula is C15H18IN3. The third-order valence-corrected chi connectivity index (χ3v) is 2.66. The lowest BCUT2D eigenvalue weighted by Gasteiger charge is -2.23. The molecule has 0 aromatic heterocycles. The molecule has 0 atom stereocenters. The summed E-state index contributed by atoms with van der Waals surface area (Å²) >= 11 is 0. The van der Waals surface area contributed by atoms with Crippen molar-refractivity contribution >= 4 is 17.1 Å². The van der Waals surface area contributed by atoms with Gasteiger partial charge in [0.2, 0.25) is 0 Å². The molecule has 0 amide bonds. The Hall–Kier alpha value is -1.27. The standard InChI is InChI=1S/C15H18N3.HI/c1-18(2,3)15-11-9-14(10-12-15)17-16-13-7-5-4-6-8-13;/h4-12H,1-3H3;1H/q+1;/p-1. The Bertz CT molecular complexity index is 528. The van der Waals surface area contributed by atoms with Crippen LogP contribution in [0.1, 0.15) is 0 Å². The molecule has 0 aliphatic heterocycles. The van der Waals surface area contributed by atoms with Crippen LogP contribution in [0.4, 0.5) is 17.1 Å². The summed E-state index contributed by atoms with van der Waals surface area (Å²) < 4.78 is 0.802. The highest BCUT2D eigenvalue weighted by Crippen LogP contribution is 2.23. The second-order valence-corrected chi connectivity index (χ2v) is 5.06. The molecule has 0 bridgehead atoms. The first-order chi connectivity index (χ1) is 8.55. The maximum absolute atomic E-state index is 4.22. The molecule has 0 unspecified atom stereocenters. The summed E-state index contributed by atoms with van der Waals surface area (Å²) in [5.74, 6) is 0. The molecular weight excluding hydrogens is 349 g/mol. The summed E-state index contributed by atoms with van der Waals surface area (Å²) in [6.07, 6.45) is 0. The van der Waals surface area contributed by atoms with E-state index in [-0.39, 0.29) is 24.0 Å². The van der Waals surface area contributed by atoms with E-state index in [0.29, 0.717) is 0 Å². The van der Waals surface area contributed by atoms with Gasteiger partial charge in [-0.15, -0.1) is 0 Å². The number of halogens is 1. The number of nitrogens with zero attached hydrogens (tertiary/aromatic N) is 3. The van der Waals surface area contributed by atoms with Crippen LogP contribution in [-0.4, -0.2) is 21.1 Å². The van der Waals surface area contributed by atoms with Crippen LogP contribution in [0.5, 0.6) is 0 Å². The Morgan fingerprint density at radius 2 is 1.16 bits per heavy atom. The molecule has 0 saturated carbocycles. The lowest BCUT2D eigenvalue weighted by Crippen LogP contribution is -3.00. The van der Waals surface area contributed by atoms with Crippen LogP contribution in [-0.2, 0) is 0 Å².